The predicted octanol–water partition coefficient (Wildman–Crippen LogP) is 3.98. The molecule has 1 nitrogen and oxygen atoms in total. The number of rotatable bonds is 1. The van der Waals surface area contributed by atoms with Crippen molar-refractivity contribution in [1.82, 2.24) is 0 Å². The van der Waals surface area contributed by atoms with Gasteiger partial charge in [-0.15, -0.1) is 0 Å². The van der Waals surface area contributed by atoms with E-state index >= 15 is 0 Å². The molecule has 2 aromatic rings. The molecule has 0 saturated carbocycles. The van der Waals surface area contributed by atoms with E-state index in [1.165, 1.54) is 5.56 Å². The fraction of sp³-hybridized carbons (Fsp3) is 0.111. The van der Waals surface area contributed by atoms with E-state index < -0.39 is 0 Å². The van der Waals surface area contributed by atoms with Gasteiger partial charge in [0.2, 0.25) is 0 Å². The lowest BCUT2D eigenvalue weighted by atomic mass is 10.1. The zero-order valence-corrected chi connectivity index (χ0v) is 8.52. The van der Waals surface area contributed by atoms with E-state index in [-0.39, 0.29) is 0 Å². The largest absolute Gasteiger partial charge is 0.445 e. The number of fused-ring (bicyclic) bond motifs is 1. The quantitative estimate of drug-likeness (QED) is 0.693. The third-order valence-corrected chi connectivity index (χ3v) is 2.56. The predicted molar refractivity (Wildman–Crippen MR) is 53.9 cm³/mol. The molecule has 0 aliphatic heterocycles. The van der Waals surface area contributed by atoms with Crippen molar-refractivity contribution in [3.63, 3.8) is 0 Å². The third kappa shape index (κ3) is 1.25. The van der Waals surface area contributed by atoms with Crippen LogP contribution in [0.1, 0.15) is 5.56 Å². The Hall–Kier alpha value is -0.470. The molecule has 0 aliphatic carbocycles. The lowest BCUT2D eigenvalue weighted by Crippen LogP contribution is -1.75. The normalized spacial score (nSPS) is 10.8. The average Bonchev–Trinajstić information content (AvgIpc) is 2.44. The summed E-state index contributed by atoms with van der Waals surface area (Å²) in [5, 5.41) is 2.35. The van der Waals surface area contributed by atoms with Gasteiger partial charge in [-0.1, -0.05) is 28.1 Å². The molecular formula is C9H6BrClO. The zero-order valence-electron chi connectivity index (χ0n) is 6.18. The molecular weight excluding hydrogens is 239 g/mol. The first-order valence-electron chi connectivity index (χ1n) is 3.54. The van der Waals surface area contributed by atoms with Crippen molar-refractivity contribution in [3.05, 3.63) is 35.0 Å². The van der Waals surface area contributed by atoms with E-state index in [0.717, 1.165) is 16.3 Å². The van der Waals surface area contributed by atoms with Gasteiger partial charge < -0.3 is 4.42 Å². The molecule has 1 aromatic carbocycles. The minimum atomic E-state index is 0.443. The first-order chi connectivity index (χ1) is 5.81. The van der Waals surface area contributed by atoms with Gasteiger partial charge in [-0.2, -0.15) is 0 Å². The molecule has 0 unspecified atom stereocenters. The van der Waals surface area contributed by atoms with Crippen molar-refractivity contribution in [3.8, 4) is 0 Å². The third-order valence-electron chi connectivity index (χ3n) is 1.77. The van der Waals surface area contributed by atoms with E-state index in [4.69, 9.17) is 16.0 Å². The van der Waals surface area contributed by atoms with E-state index in [0.29, 0.717) is 5.22 Å². The van der Waals surface area contributed by atoms with Crippen molar-refractivity contribution in [1.29, 1.82) is 0 Å². The Morgan fingerprint density at radius 3 is 3.00 bits per heavy atom. The summed E-state index contributed by atoms with van der Waals surface area (Å²) in [6, 6.07) is 7.75. The summed E-state index contributed by atoms with van der Waals surface area (Å²) in [5.74, 6) is 0. The summed E-state index contributed by atoms with van der Waals surface area (Å²) >= 11 is 9.13. The molecule has 2 rings (SSSR count). The van der Waals surface area contributed by atoms with Crippen LogP contribution in [0.4, 0.5) is 0 Å². The van der Waals surface area contributed by atoms with Gasteiger partial charge in [0.1, 0.15) is 5.58 Å². The summed E-state index contributed by atoms with van der Waals surface area (Å²) < 4.78 is 5.25. The second kappa shape index (κ2) is 3.11. The van der Waals surface area contributed by atoms with Crippen molar-refractivity contribution in [2.24, 2.45) is 0 Å². The summed E-state index contributed by atoms with van der Waals surface area (Å²) in [6.07, 6.45) is 0. The van der Waals surface area contributed by atoms with Gasteiger partial charge in [0, 0.05) is 16.8 Å². The van der Waals surface area contributed by atoms with Crippen LogP contribution in [0.3, 0.4) is 0 Å². The first-order valence-corrected chi connectivity index (χ1v) is 5.04. The number of hydrogen-bond acceptors (Lipinski definition) is 1. The minimum Gasteiger partial charge on any atom is -0.445 e. The zero-order chi connectivity index (χ0) is 8.55. The number of halogens is 2. The highest BCUT2D eigenvalue weighted by molar-refractivity contribution is 9.08. The monoisotopic (exact) mass is 244 g/mol. The summed E-state index contributed by atoms with van der Waals surface area (Å²) in [7, 11) is 0. The second-order valence-electron chi connectivity index (χ2n) is 2.51. The topological polar surface area (TPSA) is 13.1 Å². The Morgan fingerprint density at radius 1 is 1.42 bits per heavy atom. The molecule has 0 bridgehead atoms. The second-order valence-corrected chi connectivity index (χ2v) is 3.45. The van der Waals surface area contributed by atoms with Crippen LogP contribution in [0.15, 0.2) is 28.7 Å². The molecule has 62 valence electrons. The Morgan fingerprint density at radius 2 is 2.25 bits per heavy atom. The molecule has 3 heteroatoms. The number of furan rings is 1. The van der Waals surface area contributed by atoms with Crippen LogP contribution in [0.2, 0.25) is 5.22 Å². The molecule has 12 heavy (non-hydrogen) atoms. The Balaban J connectivity index is 2.78. The summed E-state index contributed by atoms with van der Waals surface area (Å²) in [4.78, 5) is 0. The standard InChI is InChI=1S/C9H6BrClO/c10-5-6-2-1-3-8-7(6)4-9(11)12-8/h1-4H,5H2. The van der Waals surface area contributed by atoms with Crippen LogP contribution in [0.25, 0.3) is 11.0 Å². The van der Waals surface area contributed by atoms with E-state index in [1.54, 1.807) is 0 Å². The molecule has 0 saturated heterocycles. The van der Waals surface area contributed by atoms with Crippen LogP contribution >= 0.6 is 27.5 Å². The SMILES string of the molecule is Clc1cc2c(CBr)cccc2o1. The molecule has 1 heterocycles. The van der Waals surface area contributed by atoms with Gasteiger partial charge in [-0.05, 0) is 23.2 Å². The van der Waals surface area contributed by atoms with Gasteiger partial charge >= 0.3 is 0 Å². The van der Waals surface area contributed by atoms with Gasteiger partial charge in [-0.25, -0.2) is 0 Å². The maximum absolute atomic E-state index is 5.73. The summed E-state index contributed by atoms with van der Waals surface area (Å²) in [6.45, 7) is 0. The van der Waals surface area contributed by atoms with E-state index in [9.17, 15) is 0 Å². The van der Waals surface area contributed by atoms with E-state index in [1.807, 2.05) is 24.3 Å². The fourth-order valence-corrected chi connectivity index (χ4v) is 1.89. The maximum atomic E-state index is 5.73. The molecule has 0 atom stereocenters. The minimum absolute atomic E-state index is 0.443. The molecule has 0 N–H and O–H groups in total. The molecule has 0 fully saturated rings. The molecule has 0 aliphatic rings. The number of benzene rings is 1. The average molecular weight is 246 g/mol. The number of hydrogen-bond donors (Lipinski definition) is 0. The van der Waals surface area contributed by atoms with Gasteiger partial charge in [0.05, 0.1) is 0 Å². The Labute approximate surface area is 83.4 Å². The molecule has 0 radical (unpaired) electrons. The highest BCUT2D eigenvalue weighted by atomic mass is 79.9. The van der Waals surface area contributed by atoms with Crippen LogP contribution in [0.5, 0.6) is 0 Å². The highest BCUT2D eigenvalue weighted by Crippen LogP contribution is 2.26. The lowest BCUT2D eigenvalue weighted by molar-refractivity contribution is 0.618. The van der Waals surface area contributed by atoms with Gasteiger partial charge in [0.15, 0.2) is 5.22 Å². The summed E-state index contributed by atoms with van der Waals surface area (Å²) in [5.41, 5.74) is 2.04. The van der Waals surface area contributed by atoms with Crippen molar-refractivity contribution in [2.45, 2.75) is 5.33 Å². The number of alkyl halides is 1. The van der Waals surface area contributed by atoms with Crippen LogP contribution in [-0.2, 0) is 5.33 Å². The molecule has 1 aromatic heterocycles. The smallest absolute Gasteiger partial charge is 0.194 e. The molecule has 0 amide bonds. The van der Waals surface area contributed by atoms with Gasteiger partial charge in [0.25, 0.3) is 0 Å². The van der Waals surface area contributed by atoms with Crippen molar-refractivity contribution < 1.29 is 4.42 Å². The first kappa shape index (κ1) is 8.14. The lowest BCUT2D eigenvalue weighted by Gasteiger charge is -1.94. The molecule has 0 spiro atoms. The maximum Gasteiger partial charge on any atom is 0.194 e. The highest BCUT2D eigenvalue weighted by Gasteiger charge is 2.04. The fourth-order valence-electron chi connectivity index (χ4n) is 1.21. The van der Waals surface area contributed by atoms with Crippen molar-refractivity contribution in [2.75, 3.05) is 0 Å². The Kier molecular flexibility index (Phi) is 2.11. The van der Waals surface area contributed by atoms with Crippen LogP contribution < -0.4 is 0 Å². The van der Waals surface area contributed by atoms with Gasteiger partial charge in [-0.3, -0.25) is 0 Å². The van der Waals surface area contributed by atoms with E-state index in [2.05, 4.69) is 15.9 Å². The van der Waals surface area contributed by atoms with Crippen molar-refractivity contribution >= 4 is 38.5 Å². The Bertz CT molecular complexity index is 408. The van der Waals surface area contributed by atoms with Crippen LogP contribution in [-0.4, -0.2) is 0 Å². The van der Waals surface area contributed by atoms with Crippen LogP contribution in [0, 0.1) is 0 Å².